The Hall–Kier alpha value is -1.62. The largest absolute Gasteiger partial charge is 0.483 e. The van der Waals surface area contributed by atoms with Crippen LogP contribution in [0.15, 0.2) is 12.3 Å². The Labute approximate surface area is 119 Å². The first-order chi connectivity index (χ1) is 9.70. The first-order valence-corrected chi connectivity index (χ1v) is 7.08. The molecular weight excluding hydrogens is 256 g/mol. The summed E-state index contributed by atoms with van der Waals surface area (Å²) >= 11 is 0. The van der Waals surface area contributed by atoms with Crippen molar-refractivity contribution in [2.24, 2.45) is 0 Å². The molecule has 0 radical (unpaired) electrons. The highest BCUT2D eigenvalue weighted by atomic mass is 16.5. The van der Waals surface area contributed by atoms with Gasteiger partial charge in [0, 0.05) is 30.6 Å². The Kier molecular flexibility index (Phi) is 5.35. The topological polar surface area (TPSA) is 60.5 Å². The molecule has 1 aliphatic rings. The van der Waals surface area contributed by atoms with E-state index in [4.69, 9.17) is 9.47 Å². The summed E-state index contributed by atoms with van der Waals surface area (Å²) in [5, 5.41) is 2.83. The van der Waals surface area contributed by atoms with Crippen LogP contribution >= 0.6 is 0 Å². The predicted molar refractivity (Wildman–Crippen MR) is 75.9 cm³/mol. The van der Waals surface area contributed by atoms with Crippen LogP contribution in [0.3, 0.4) is 0 Å². The minimum atomic E-state index is -0.129. The normalized spacial score (nSPS) is 15.3. The van der Waals surface area contributed by atoms with Crippen LogP contribution in [0.4, 0.5) is 0 Å². The van der Waals surface area contributed by atoms with Gasteiger partial charge in [0.15, 0.2) is 6.61 Å². The van der Waals surface area contributed by atoms with Gasteiger partial charge in [0.2, 0.25) is 0 Å². The molecule has 0 bridgehead atoms. The molecule has 1 heterocycles. The van der Waals surface area contributed by atoms with Gasteiger partial charge in [0.1, 0.15) is 5.75 Å². The fourth-order valence-corrected chi connectivity index (χ4v) is 2.48. The van der Waals surface area contributed by atoms with Gasteiger partial charge in [-0.3, -0.25) is 9.78 Å². The number of aromatic nitrogens is 1. The number of amides is 1. The number of fused-ring (bicyclic) bond motifs is 1. The third-order valence-corrected chi connectivity index (χ3v) is 3.38. The average molecular weight is 278 g/mol. The number of carbonyl (C=O) groups is 1. The summed E-state index contributed by atoms with van der Waals surface area (Å²) in [7, 11) is 1.61. The van der Waals surface area contributed by atoms with E-state index in [1.165, 1.54) is 6.42 Å². The van der Waals surface area contributed by atoms with Crippen LogP contribution < -0.4 is 10.1 Å². The van der Waals surface area contributed by atoms with Crippen molar-refractivity contribution in [1.82, 2.24) is 10.3 Å². The van der Waals surface area contributed by atoms with Crippen molar-refractivity contribution in [3.05, 3.63) is 23.5 Å². The monoisotopic (exact) mass is 278 g/mol. The number of carbonyl (C=O) groups excluding carboxylic acids is 1. The molecule has 0 saturated heterocycles. The van der Waals surface area contributed by atoms with Gasteiger partial charge >= 0.3 is 0 Å². The van der Waals surface area contributed by atoms with Crippen molar-refractivity contribution in [2.45, 2.75) is 38.6 Å². The van der Waals surface area contributed by atoms with Crippen molar-refractivity contribution in [3.63, 3.8) is 0 Å². The lowest BCUT2D eigenvalue weighted by Crippen LogP contribution is -2.38. The van der Waals surface area contributed by atoms with Gasteiger partial charge in [-0.15, -0.1) is 0 Å². The van der Waals surface area contributed by atoms with Crippen molar-refractivity contribution in [2.75, 3.05) is 20.3 Å². The van der Waals surface area contributed by atoms with E-state index in [2.05, 4.69) is 10.3 Å². The molecule has 110 valence electrons. The van der Waals surface area contributed by atoms with Crippen molar-refractivity contribution in [1.29, 1.82) is 0 Å². The zero-order valence-electron chi connectivity index (χ0n) is 12.1. The number of nitrogens with zero attached hydrogens (tertiary/aromatic N) is 1. The molecule has 0 aliphatic heterocycles. The van der Waals surface area contributed by atoms with Crippen LogP contribution in [0.25, 0.3) is 0 Å². The van der Waals surface area contributed by atoms with Crippen LogP contribution in [0.1, 0.15) is 31.0 Å². The Balaban J connectivity index is 1.89. The smallest absolute Gasteiger partial charge is 0.258 e. The van der Waals surface area contributed by atoms with Crippen LogP contribution in [-0.4, -0.2) is 37.3 Å². The number of ether oxygens (including phenoxy) is 2. The zero-order chi connectivity index (χ0) is 14.4. The summed E-state index contributed by atoms with van der Waals surface area (Å²) in [4.78, 5) is 16.1. The number of methoxy groups -OCH3 is 1. The van der Waals surface area contributed by atoms with E-state index in [0.29, 0.717) is 6.61 Å². The maximum absolute atomic E-state index is 11.8. The molecule has 1 amide bonds. The first kappa shape index (κ1) is 14.8. The van der Waals surface area contributed by atoms with Crippen LogP contribution in [0.5, 0.6) is 5.75 Å². The number of hydrogen-bond acceptors (Lipinski definition) is 4. The van der Waals surface area contributed by atoms with Crippen LogP contribution in [0, 0.1) is 0 Å². The number of aryl methyl sites for hydroxylation is 1. The summed E-state index contributed by atoms with van der Waals surface area (Å²) < 4.78 is 10.6. The van der Waals surface area contributed by atoms with E-state index in [1.54, 1.807) is 13.3 Å². The maximum atomic E-state index is 11.8. The second-order valence-electron chi connectivity index (χ2n) is 5.15. The van der Waals surface area contributed by atoms with Gasteiger partial charge in [0.25, 0.3) is 5.91 Å². The number of rotatable bonds is 6. The molecule has 1 aliphatic carbocycles. The van der Waals surface area contributed by atoms with Crippen molar-refractivity contribution < 1.29 is 14.3 Å². The highest BCUT2D eigenvalue weighted by Crippen LogP contribution is 2.27. The molecule has 5 heteroatoms. The third-order valence-electron chi connectivity index (χ3n) is 3.38. The molecule has 1 atom stereocenters. The average Bonchev–Trinajstić information content (AvgIpc) is 2.45. The van der Waals surface area contributed by atoms with E-state index in [-0.39, 0.29) is 18.6 Å². The van der Waals surface area contributed by atoms with E-state index >= 15 is 0 Å². The predicted octanol–water partition coefficient (Wildman–Crippen LogP) is 1.49. The van der Waals surface area contributed by atoms with Gasteiger partial charge in [-0.05, 0) is 38.7 Å². The van der Waals surface area contributed by atoms with Gasteiger partial charge in [0.05, 0.1) is 6.61 Å². The second-order valence-corrected chi connectivity index (χ2v) is 5.15. The van der Waals surface area contributed by atoms with Gasteiger partial charge in [-0.1, -0.05) is 0 Å². The Morgan fingerprint density at radius 1 is 1.45 bits per heavy atom. The van der Waals surface area contributed by atoms with Crippen LogP contribution in [-0.2, 0) is 22.4 Å². The summed E-state index contributed by atoms with van der Waals surface area (Å²) in [5.41, 5.74) is 2.28. The first-order valence-electron chi connectivity index (χ1n) is 7.08. The molecule has 0 spiro atoms. The maximum Gasteiger partial charge on any atom is 0.258 e. The quantitative estimate of drug-likeness (QED) is 0.856. The molecule has 1 aromatic heterocycles. The highest BCUT2D eigenvalue weighted by molar-refractivity contribution is 5.77. The van der Waals surface area contributed by atoms with Crippen molar-refractivity contribution in [3.8, 4) is 5.75 Å². The third kappa shape index (κ3) is 3.93. The summed E-state index contributed by atoms with van der Waals surface area (Å²) in [5.74, 6) is 0.667. The fourth-order valence-electron chi connectivity index (χ4n) is 2.48. The minimum absolute atomic E-state index is 0.0116. The molecule has 0 fully saturated rings. The Bertz CT molecular complexity index is 462. The number of hydrogen-bond donors (Lipinski definition) is 1. The molecule has 0 aromatic carbocycles. The van der Waals surface area contributed by atoms with Gasteiger partial charge in [-0.25, -0.2) is 0 Å². The Morgan fingerprint density at radius 2 is 2.25 bits per heavy atom. The summed E-state index contributed by atoms with van der Waals surface area (Å²) in [6.07, 6.45) is 6.08. The van der Waals surface area contributed by atoms with E-state index in [9.17, 15) is 4.79 Å². The standard InChI is InChI=1S/C15H22N2O3/c1-11(9-19-2)17-15(18)10-20-14-7-8-16-13-6-4-3-5-12(13)14/h7-8,11H,3-6,9-10H2,1-2H3,(H,17,18). The number of nitrogens with one attached hydrogen (secondary N) is 1. The molecule has 1 N–H and O–H groups in total. The molecule has 20 heavy (non-hydrogen) atoms. The SMILES string of the molecule is COCC(C)NC(=O)COc1ccnc2c1CCCC2. The molecule has 1 aromatic rings. The molecule has 0 saturated carbocycles. The van der Waals surface area contributed by atoms with Gasteiger partial charge in [-0.2, -0.15) is 0 Å². The lowest BCUT2D eigenvalue weighted by Gasteiger charge is -2.19. The molecule has 2 rings (SSSR count). The van der Waals surface area contributed by atoms with E-state index in [1.807, 2.05) is 13.0 Å². The fraction of sp³-hybridized carbons (Fsp3) is 0.600. The lowest BCUT2D eigenvalue weighted by molar-refractivity contribution is -0.124. The minimum Gasteiger partial charge on any atom is -0.483 e. The van der Waals surface area contributed by atoms with Gasteiger partial charge < -0.3 is 14.8 Å². The molecule has 1 unspecified atom stereocenters. The number of pyridine rings is 1. The molecular formula is C15H22N2O3. The van der Waals surface area contributed by atoms with E-state index in [0.717, 1.165) is 36.3 Å². The molecule has 5 nitrogen and oxygen atoms in total. The van der Waals surface area contributed by atoms with E-state index < -0.39 is 0 Å². The highest BCUT2D eigenvalue weighted by Gasteiger charge is 2.16. The lowest BCUT2D eigenvalue weighted by atomic mass is 9.95. The van der Waals surface area contributed by atoms with Crippen molar-refractivity contribution >= 4 is 5.91 Å². The summed E-state index contributed by atoms with van der Waals surface area (Å²) in [6.45, 7) is 2.43. The second kappa shape index (κ2) is 7.24. The zero-order valence-corrected chi connectivity index (χ0v) is 12.1. The Morgan fingerprint density at radius 3 is 3.05 bits per heavy atom. The van der Waals surface area contributed by atoms with Crippen LogP contribution in [0.2, 0.25) is 0 Å². The summed E-state index contributed by atoms with van der Waals surface area (Å²) in [6, 6.07) is 1.83.